The van der Waals surface area contributed by atoms with E-state index in [1.807, 2.05) is 4.90 Å². The summed E-state index contributed by atoms with van der Waals surface area (Å²) in [4.78, 5) is 31.8. The van der Waals surface area contributed by atoms with Crippen LogP contribution >= 0.6 is 0 Å². The standard InChI is InChI=1S/C18H24N4O3/c23-17(11-13-5-9-25-10-6-13)21-8-2-1-3-15(21)14-12-18(24)22-16(20-14)4-7-19-22/h4,7,12-13,15,19H,1-3,5-6,8-11H2/t15-/m1/s1. The van der Waals surface area contributed by atoms with Crippen molar-refractivity contribution in [3.63, 3.8) is 0 Å². The highest BCUT2D eigenvalue weighted by atomic mass is 16.5. The molecule has 7 nitrogen and oxygen atoms in total. The van der Waals surface area contributed by atoms with Gasteiger partial charge in [0.25, 0.3) is 5.56 Å². The molecule has 2 aliphatic rings. The predicted octanol–water partition coefficient (Wildman–Crippen LogP) is 1.89. The van der Waals surface area contributed by atoms with Crippen molar-refractivity contribution >= 4 is 11.6 Å². The lowest BCUT2D eigenvalue weighted by atomic mass is 9.93. The molecule has 2 aromatic rings. The van der Waals surface area contributed by atoms with Gasteiger partial charge in [0.15, 0.2) is 5.65 Å². The Labute approximate surface area is 146 Å². The Morgan fingerprint density at radius 1 is 1.28 bits per heavy atom. The summed E-state index contributed by atoms with van der Waals surface area (Å²) in [6.45, 7) is 2.26. The molecule has 1 N–H and O–H groups in total. The van der Waals surface area contributed by atoms with E-state index in [9.17, 15) is 9.59 Å². The third-order valence-electron chi connectivity index (χ3n) is 5.37. The van der Waals surface area contributed by atoms with Crippen molar-refractivity contribution in [2.45, 2.75) is 44.6 Å². The molecule has 0 saturated carbocycles. The maximum absolute atomic E-state index is 12.9. The lowest BCUT2D eigenvalue weighted by Gasteiger charge is -2.36. The van der Waals surface area contributed by atoms with E-state index in [4.69, 9.17) is 4.74 Å². The van der Waals surface area contributed by atoms with E-state index in [0.29, 0.717) is 23.7 Å². The first kappa shape index (κ1) is 16.3. The Kier molecular flexibility index (Phi) is 4.57. The fourth-order valence-electron chi connectivity index (χ4n) is 3.97. The van der Waals surface area contributed by atoms with E-state index in [-0.39, 0.29) is 17.5 Å². The number of amides is 1. The number of nitrogens with zero attached hydrogens (tertiary/aromatic N) is 3. The number of carbonyl (C=O) groups is 1. The lowest BCUT2D eigenvalue weighted by Crippen LogP contribution is -2.40. The number of rotatable bonds is 3. The summed E-state index contributed by atoms with van der Waals surface area (Å²) in [7, 11) is 0. The number of piperidine rings is 1. The Morgan fingerprint density at radius 2 is 2.12 bits per heavy atom. The van der Waals surface area contributed by atoms with Gasteiger partial charge in [-0.15, -0.1) is 0 Å². The number of likely N-dealkylation sites (tertiary alicyclic amines) is 1. The van der Waals surface area contributed by atoms with Gasteiger partial charge in [0.2, 0.25) is 5.91 Å². The van der Waals surface area contributed by atoms with Gasteiger partial charge >= 0.3 is 0 Å². The van der Waals surface area contributed by atoms with Gasteiger partial charge in [0, 0.05) is 44.5 Å². The Bertz CT molecular complexity index is 806. The van der Waals surface area contributed by atoms with Gasteiger partial charge < -0.3 is 9.64 Å². The zero-order valence-electron chi connectivity index (χ0n) is 14.3. The molecule has 4 rings (SSSR count). The molecule has 0 spiro atoms. The second-order valence-electron chi connectivity index (χ2n) is 7.03. The van der Waals surface area contributed by atoms with Gasteiger partial charge in [-0.1, -0.05) is 0 Å². The Hall–Kier alpha value is -2.15. The Morgan fingerprint density at radius 3 is 2.96 bits per heavy atom. The van der Waals surface area contributed by atoms with Crippen LogP contribution in [0.3, 0.4) is 0 Å². The van der Waals surface area contributed by atoms with Crippen molar-refractivity contribution < 1.29 is 9.53 Å². The fraction of sp³-hybridized carbons (Fsp3) is 0.611. The number of nitrogens with one attached hydrogen (secondary N) is 1. The maximum Gasteiger partial charge on any atom is 0.272 e. The summed E-state index contributed by atoms with van der Waals surface area (Å²) in [6.07, 6.45) is 7.12. The number of aromatic nitrogens is 3. The SMILES string of the molecule is O=C(CC1CCOCC1)N1CCCC[C@@H]1c1cc(=O)n2[nH]ccc2n1. The number of aromatic amines is 1. The molecule has 2 aromatic heterocycles. The fourth-order valence-corrected chi connectivity index (χ4v) is 3.97. The highest BCUT2D eigenvalue weighted by Crippen LogP contribution is 2.31. The van der Waals surface area contributed by atoms with Crippen LogP contribution in [0.15, 0.2) is 23.1 Å². The number of hydrogen-bond acceptors (Lipinski definition) is 4. The monoisotopic (exact) mass is 344 g/mol. The van der Waals surface area contributed by atoms with Crippen molar-refractivity contribution in [1.29, 1.82) is 0 Å². The molecule has 0 aliphatic carbocycles. The van der Waals surface area contributed by atoms with Crippen LogP contribution in [-0.4, -0.2) is 45.2 Å². The van der Waals surface area contributed by atoms with Crippen molar-refractivity contribution in [3.8, 4) is 0 Å². The van der Waals surface area contributed by atoms with Crippen LogP contribution in [0, 0.1) is 5.92 Å². The number of hydrogen-bond donors (Lipinski definition) is 1. The summed E-state index contributed by atoms with van der Waals surface area (Å²) >= 11 is 0. The molecule has 0 unspecified atom stereocenters. The summed E-state index contributed by atoms with van der Waals surface area (Å²) in [5, 5.41) is 2.86. The maximum atomic E-state index is 12.9. The Balaban J connectivity index is 1.57. The minimum atomic E-state index is -0.132. The summed E-state index contributed by atoms with van der Waals surface area (Å²) in [5.41, 5.74) is 1.18. The van der Waals surface area contributed by atoms with Gasteiger partial charge in [-0.25, -0.2) is 9.50 Å². The molecule has 7 heteroatoms. The van der Waals surface area contributed by atoms with E-state index in [1.165, 1.54) is 4.52 Å². The second kappa shape index (κ2) is 7.00. The lowest BCUT2D eigenvalue weighted by molar-refractivity contribution is -0.136. The zero-order valence-corrected chi connectivity index (χ0v) is 14.3. The molecule has 0 aromatic carbocycles. The third-order valence-corrected chi connectivity index (χ3v) is 5.37. The van der Waals surface area contributed by atoms with Crippen molar-refractivity contribution in [1.82, 2.24) is 19.5 Å². The number of H-pyrrole nitrogens is 1. The first-order valence-electron chi connectivity index (χ1n) is 9.16. The summed E-state index contributed by atoms with van der Waals surface area (Å²) in [6, 6.07) is 3.25. The topological polar surface area (TPSA) is 79.7 Å². The molecule has 25 heavy (non-hydrogen) atoms. The molecule has 2 saturated heterocycles. The summed E-state index contributed by atoms with van der Waals surface area (Å²) < 4.78 is 6.81. The molecular weight excluding hydrogens is 320 g/mol. The van der Waals surface area contributed by atoms with Gasteiger partial charge in [-0.2, -0.15) is 0 Å². The van der Waals surface area contributed by atoms with Crippen LogP contribution in [0.1, 0.15) is 50.3 Å². The molecule has 2 aliphatic heterocycles. The molecular formula is C18H24N4O3. The van der Waals surface area contributed by atoms with E-state index in [1.54, 1.807) is 18.3 Å². The quantitative estimate of drug-likeness (QED) is 0.922. The molecule has 1 amide bonds. The number of fused-ring (bicyclic) bond motifs is 1. The molecule has 2 fully saturated rings. The van der Waals surface area contributed by atoms with Gasteiger partial charge in [-0.05, 0) is 38.0 Å². The van der Waals surface area contributed by atoms with E-state index >= 15 is 0 Å². The highest BCUT2D eigenvalue weighted by Gasteiger charge is 2.31. The van der Waals surface area contributed by atoms with Crippen molar-refractivity contribution in [3.05, 3.63) is 34.4 Å². The highest BCUT2D eigenvalue weighted by molar-refractivity contribution is 5.77. The zero-order chi connectivity index (χ0) is 17.2. The van der Waals surface area contributed by atoms with E-state index in [0.717, 1.165) is 51.9 Å². The van der Waals surface area contributed by atoms with Gasteiger partial charge in [0.05, 0.1) is 11.7 Å². The van der Waals surface area contributed by atoms with Crippen molar-refractivity contribution in [2.75, 3.05) is 19.8 Å². The largest absolute Gasteiger partial charge is 0.381 e. The first-order valence-corrected chi connectivity index (χ1v) is 9.16. The van der Waals surface area contributed by atoms with E-state index in [2.05, 4.69) is 10.1 Å². The van der Waals surface area contributed by atoms with Crippen LogP contribution < -0.4 is 5.56 Å². The normalized spacial score (nSPS) is 22.4. The van der Waals surface area contributed by atoms with Crippen LogP contribution in [0.5, 0.6) is 0 Å². The van der Waals surface area contributed by atoms with Gasteiger partial charge in [0.1, 0.15) is 0 Å². The van der Waals surface area contributed by atoms with Crippen LogP contribution in [0.25, 0.3) is 5.65 Å². The smallest absolute Gasteiger partial charge is 0.272 e. The third kappa shape index (κ3) is 3.33. The van der Waals surface area contributed by atoms with Gasteiger partial charge in [-0.3, -0.25) is 14.7 Å². The minimum Gasteiger partial charge on any atom is -0.381 e. The first-order chi connectivity index (χ1) is 12.2. The van der Waals surface area contributed by atoms with E-state index < -0.39 is 0 Å². The van der Waals surface area contributed by atoms with Crippen LogP contribution in [0.2, 0.25) is 0 Å². The molecule has 4 heterocycles. The van der Waals surface area contributed by atoms with Crippen molar-refractivity contribution in [2.24, 2.45) is 5.92 Å². The van der Waals surface area contributed by atoms with Crippen LogP contribution in [0.4, 0.5) is 0 Å². The van der Waals surface area contributed by atoms with Crippen LogP contribution in [-0.2, 0) is 9.53 Å². The molecule has 134 valence electrons. The number of carbonyl (C=O) groups excluding carboxylic acids is 1. The molecule has 0 bridgehead atoms. The summed E-state index contributed by atoms with van der Waals surface area (Å²) in [5.74, 6) is 0.599. The average molecular weight is 344 g/mol. The minimum absolute atomic E-state index is 0.0892. The average Bonchev–Trinajstić information content (AvgIpc) is 3.12. The second-order valence-corrected chi connectivity index (χ2v) is 7.03. The molecule has 0 radical (unpaired) electrons. The number of ether oxygens (including phenoxy) is 1. The predicted molar refractivity (Wildman–Crippen MR) is 92.3 cm³/mol. The molecule has 1 atom stereocenters.